The first-order valence-electron chi connectivity index (χ1n) is 10.9. The standard InChI is InChI=1S/C23H26ClN7S/c1-4-16-19(24)18-21(28-16)29-23(30-22(18)31(3)8-5-14-11-25-12-14)32-15-9-13(2)20-17(10-15)26-6-7-27-20/h6-7,9-10,14,20,25H,2,4-5,8,11-12H2,1,3H3,(H,28,29,30). The molecule has 1 unspecified atom stereocenters. The van der Waals surface area contributed by atoms with Crippen LogP contribution in [0.3, 0.4) is 0 Å². The van der Waals surface area contributed by atoms with Gasteiger partial charge in [0.05, 0.1) is 16.1 Å². The summed E-state index contributed by atoms with van der Waals surface area (Å²) in [5.74, 6) is 1.60. The van der Waals surface area contributed by atoms with Gasteiger partial charge in [-0.1, -0.05) is 25.1 Å². The van der Waals surface area contributed by atoms with Crippen LogP contribution in [0.5, 0.6) is 0 Å². The lowest BCUT2D eigenvalue weighted by Gasteiger charge is -2.29. The van der Waals surface area contributed by atoms with Crippen LogP contribution in [-0.2, 0) is 6.42 Å². The minimum absolute atomic E-state index is 0.0928. The van der Waals surface area contributed by atoms with Gasteiger partial charge in [0.25, 0.3) is 0 Å². The number of aliphatic imine (C=N–C) groups is 2. The number of thioether (sulfide) groups is 1. The van der Waals surface area contributed by atoms with Gasteiger partial charge in [0.15, 0.2) is 5.16 Å². The SMILES string of the molecule is C=C1C=C(Sc2nc(N(C)CCC3CNC3)c3c(Cl)c(CC)[nH]c3n2)C=C2N=CC=NC12. The van der Waals surface area contributed by atoms with Gasteiger partial charge in [-0.05, 0) is 61.3 Å². The first-order valence-corrected chi connectivity index (χ1v) is 12.1. The maximum Gasteiger partial charge on any atom is 0.196 e. The largest absolute Gasteiger partial charge is 0.359 e. The van der Waals surface area contributed by atoms with E-state index in [9.17, 15) is 0 Å². The summed E-state index contributed by atoms with van der Waals surface area (Å²) in [5.41, 5.74) is 3.58. The molecule has 0 spiro atoms. The molecular formula is C23H26ClN7S. The number of rotatable bonds is 7. The Morgan fingerprint density at radius 1 is 1.25 bits per heavy atom. The monoisotopic (exact) mass is 467 g/mol. The summed E-state index contributed by atoms with van der Waals surface area (Å²) in [7, 11) is 2.08. The fraction of sp³-hybridized carbons (Fsp3) is 0.391. The van der Waals surface area contributed by atoms with Crippen molar-refractivity contribution in [2.75, 3.05) is 31.6 Å². The van der Waals surface area contributed by atoms with Crippen molar-refractivity contribution in [3.8, 4) is 0 Å². The summed E-state index contributed by atoms with van der Waals surface area (Å²) >= 11 is 8.24. The molecule has 2 aliphatic heterocycles. The number of allylic oxidation sites excluding steroid dienone is 1. The second-order valence-corrected chi connectivity index (χ2v) is 9.75. The highest BCUT2D eigenvalue weighted by atomic mass is 35.5. The van der Waals surface area contributed by atoms with Gasteiger partial charge in [0.1, 0.15) is 17.5 Å². The Hall–Kier alpha value is -2.42. The van der Waals surface area contributed by atoms with E-state index in [0.717, 1.165) is 82.1 Å². The Balaban J connectivity index is 1.48. The minimum Gasteiger partial charge on any atom is -0.359 e. The molecule has 4 heterocycles. The van der Waals surface area contributed by atoms with Gasteiger partial charge in [0, 0.05) is 36.6 Å². The van der Waals surface area contributed by atoms with E-state index in [1.807, 2.05) is 12.2 Å². The number of hydrogen-bond donors (Lipinski definition) is 2. The van der Waals surface area contributed by atoms with Crippen LogP contribution < -0.4 is 10.2 Å². The molecule has 1 atom stereocenters. The Morgan fingerprint density at radius 2 is 2.09 bits per heavy atom. The Bertz CT molecular complexity index is 1190. The molecule has 2 aromatic heterocycles. The molecule has 0 amide bonds. The van der Waals surface area contributed by atoms with E-state index >= 15 is 0 Å². The second kappa shape index (κ2) is 8.84. The highest BCUT2D eigenvalue weighted by Gasteiger charge is 2.24. The van der Waals surface area contributed by atoms with Gasteiger partial charge in [0.2, 0.25) is 0 Å². The number of halogens is 1. The topological polar surface area (TPSA) is 81.6 Å². The van der Waals surface area contributed by atoms with Crippen molar-refractivity contribution in [2.24, 2.45) is 15.9 Å². The molecule has 5 rings (SSSR count). The van der Waals surface area contributed by atoms with Crippen molar-refractivity contribution in [1.29, 1.82) is 0 Å². The molecule has 7 nitrogen and oxygen atoms in total. The molecule has 1 aliphatic carbocycles. The summed E-state index contributed by atoms with van der Waals surface area (Å²) in [6.07, 6.45) is 9.44. The van der Waals surface area contributed by atoms with Crippen molar-refractivity contribution in [2.45, 2.75) is 31.0 Å². The second-order valence-electron chi connectivity index (χ2n) is 8.33. The van der Waals surface area contributed by atoms with Crippen LogP contribution in [0, 0.1) is 5.92 Å². The van der Waals surface area contributed by atoms with Crippen molar-refractivity contribution >= 4 is 52.6 Å². The van der Waals surface area contributed by atoms with E-state index in [-0.39, 0.29) is 6.04 Å². The molecule has 2 aromatic rings. The summed E-state index contributed by atoms with van der Waals surface area (Å²) in [4.78, 5) is 25.3. The number of anilines is 1. The van der Waals surface area contributed by atoms with Crippen LogP contribution in [0.1, 0.15) is 19.0 Å². The molecule has 0 aromatic carbocycles. The first-order chi connectivity index (χ1) is 15.5. The average Bonchev–Trinajstić information content (AvgIpc) is 3.07. The lowest BCUT2D eigenvalue weighted by atomic mass is 9.99. The van der Waals surface area contributed by atoms with E-state index < -0.39 is 0 Å². The predicted molar refractivity (Wildman–Crippen MR) is 134 cm³/mol. The average molecular weight is 468 g/mol. The zero-order valence-electron chi connectivity index (χ0n) is 18.2. The molecular weight excluding hydrogens is 442 g/mol. The summed E-state index contributed by atoms with van der Waals surface area (Å²) in [6, 6.07) is -0.0928. The molecule has 0 saturated carbocycles. The summed E-state index contributed by atoms with van der Waals surface area (Å²) in [5, 5.41) is 5.63. The number of nitrogens with zero attached hydrogens (tertiary/aromatic N) is 5. The van der Waals surface area contributed by atoms with E-state index in [1.54, 1.807) is 12.4 Å². The molecule has 0 bridgehead atoms. The Labute approximate surface area is 196 Å². The molecule has 0 radical (unpaired) electrons. The van der Waals surface area contributed by atoms with E-state index in [2.05, 4.69) is 45.7 Å². The molecule has 1 fully saturated rings. The lowest BCUT2D eigenvalue weighted by molar-refractivity contribution is 0.330. The maximum absolute atomic E-state index is 6.73. The van der Waals surface area contributed by atoms with Gasteiger partial charge >= 0.3 is 0 Å². The summed E-state index contributed by atoms with van der Waals surface area (Å²) < 4.78 is 0. The van der Waals surface area contributed by atoms with Gasteiger partial charge in [-0.2, -0.15) is 0 Å². The first kappa shape index (κ1) is 21.4. The van der Waals surface area contributed by atoms with Crippen LogP contribution in [-0.4, -0.2) is 60.1 Å². The third kappa shape index (κ3) is 4.02. The van der Waals surface area contributed by atoms with Gasteiger partial charge < -0.3 is 15.2 Å². The maximum atomic E-state index is 6.73. The Morgan fingerprint density at radius 3 is 2.84 bits per heavy atom. The number of aromatic amines is 1. The number of aryl methyl sites for hydroxylation is 1. The molecule has 9 heteroatoms. The van der Waals surface area contributed by atoms with Crippen LogP contribution in [0.25, 0.3) is 11.0 Å². The normalized spacial score (nSPS) is 20.2. The fourth-order valence-electron chi connectivity index (χ4n) is 4.08. The third-order valence-electron chi connectivity index (χ3n) is 6.06. The van der Waals surface area contributed by atoms with Gasteiger partial charge in [-0.25, -0.2) is 9.97 Å². The highest BCUT2D eigenvalue weighted by molar-refractivity contribution is 8.03. The third-order valence-corrected chi connectivity index (χ3v) is 7.31. The molecule has 3 aliphatic rings. The molecule has 1 saturated heterocycles. The van der Waals surface area contributed by atoms with E-state index in [0.29, 0.717) is 5.16 Å². The van der Waals surface area contributed by atoms with Crippen molar-refractivity contribution in [3.63, 3.8) is 0 Å². The van der Waals surface area contributed by atoms with Gasteiger partial charge in [-0.3, -0.25) is 9.98 Å². The van der Waals surface area contributed by atoms with Crippen molar-refractivity contribution in [3.05, 3.63) is 45.6 Å². The zero-order valence-corrected chi connectivity index (χ0v) is 19.8. The number of aromatic nitrogens is 3. The minimum atomic E-state index is -0.0928. The lowest BCUT2D eigenvalue weighted by Crippen LogP contribution is -2.43. The zero-order chi connectivity index (χ0) is 22.2. The number of H-pyrrole nitrogens is 1. The molecule has 32 heavy (non-hydrogen) atoms. The summed E-state index contributed by atoms with van der Waals surface area (Å²) in [6.45, 7) is 9.37. The molecule has 166 valence electrons. The van der Waals surface area contributed by atoms with Crippen LogP contribution >= 0.6 is 23.4 Å². The fourth-order valence-corrected chi connectivity index (χ4v) is 5.30. The van der Waals surface area contributed by atoms with Gasteiger partial charge in [-0.15, -0.1) is 0 Å². The van der Waals surface area contributed by atoms with Crippen LogP contribution in [0.15, 0.2) is 50.0 Å². The highest BCUT2D eigenvalue weighted by Crippen LogP contribution is 2.38. The number of hydrogen-bond acceptors (Lipinski definition) is 7. The predicted octanol–water partition coefficient (Wildman–Crippen LogP) is 4.17. The number of fused-ring (bicyclic) bond motifs is 2. The quantitative estimate of drug-likeness (QED) is 0.597. The Kier molecular flexibility index (Phi) is 5.92. The van der Waals surface area contributed by atoms with E-state index in [1.165, 1.54) is 11.8 Å². The van der Waals surface area contributed by atoms with Crippen LogP contribution in [0.2, 0.25) is 5.02 Å². The van der Waals surface area contributed by atoms with Crippen molar-refractivity contribution in [1.82, 2.24) is 20.3 Å². The van der Waals surface area contributed by atoms with Crippen LogP contribution in [0.4, 0.5) is 5.82 Å². The smallest absolute Gasteiger partial charge is 0.196 e. The number of nitrogens with one attached hydrogen (secondary N) is 2. The van der Waals surface area contributed by atoms with Crippen molar-refractivity contribution < 1.29 is 0 Å². The molecule has 2 N–H and O–H groups in total. The van der Waals surface area contributed by atoms with E-state index in [4.69, 9.17) is 21.6 Å².